The maximum atomic E-state index is 5.87. The third-order valence-electron chi connectivity index (χ3n) is 4.33. The van der Waals surface area contributed by atoms with Gasteiger partial charge in [-0.1, -0.05) is 18.7 Å². The summed E-state index contributed by atoms with van der Waals surface area (Å²) in [6, 6.07) is 5.59. The molecule has 170 valence electrons. The lowest BCUT2D eigenvalue weighted by atomic mass is 10.2. The summed E-state index contributed by atoms with van der Waals surface area (Å²) in [5.74, 6) is 1.12. The minimum atomic E-state index is 0.507. The number of nitrogens with zero attached hydrogens (tertiary/aromatic N) is 2. The molecule has 8 nitrogen and oxygen atoms in total. The molecule has 3 aliphatic heterocycles. The van der Waals surface area contributed by atoms with Crippen molar-refractivity contribution in [3.05, 3.63) is 92.7 Å². The molecule has 0 fully saturated rings. The topological polar surface area (TPSA) is 61.9 Å². The summed E-state index contributed by atoms with van der Waals surface area (Å²) in [6.07, 6.45) is 17.9. The third kappa shape index (κ3) is 8.25. The van der Waals surface area contributed by atoms with Gasteiger partial charge in [0, 0.05) is 37.9 Å². The van der Waals surface area contributed by atoms with Crippen LogP contribution in [-0.2, 0) is 18.9 Å². The van der Waals surface area contributed by atoms with E-state index < -0.39 is 0 Å². The Bertz CT molecular complexity index is 862. The Hall–Kier alpha value is -3.62. The summed E-state index contributed by atoms with van der Waals surface area (Å²) in [5.41, 5.74) is 0.915. The molecule has 0 atom stereocenters. The normalized spacial score (nSPS) is 20.0. The lowest BCUT2D eigenvalue weighted by molar-refractivity contribution is 0.0418. The smallest absolute Gasteiger partial charge is 0.169 e. The summed E-state index contributed by atoms with van der Waals surface area (Å²) < 4.78 is 33.7. The van der Waals surface area contributed by atoms with Crippen LogP contribution in [0.5, 0.6) is 11.5 Å². The lowest BCUT2D eigenvalue weighted by Crippen LogP contribution is -2.20. The highest BCUT2D eigenvalue weighted by molar-refractivity contribution is 5.54. The van der Waals surface area contributed by atoms with Crippen LogP contribution < -0.4 is 9.47 Å². The summed E-state index contributed by atoms with van der Waals surface area (Å²) in [7, 11) is 0. The van der Waals surface area contributed by atoms with Gasteiger partial charge in [-0.05, 0) is 17.7 Å². The van der Waals surface area contributed by atoms with Gasteiger partial charge in [0.05, 0.1) is 26.4 Å². The van der Waals surface area contributed by atoms with E-state index in [1.807, 2.05) is 28.0 Å². The van der Waals surface area contributed by atoms with E-state index in [4.69, 9.17) is 28.4 Å². The van der Waals surface area contributed by atoms with E-state index in [1.165, 1.54) is 25.0 Å². The molecule has 2 bridgehead atoms. The molecule has 0 saturated heterocycles. The predicted molar refractivity (Wildman–Crippen MR) is 121 cm³/mol. The number of ether oxygens (including phenoxy) is 6. The second-order valence-corrected chi connectivity index (χ2v) is 6.53. The Labute approximate surface area is 188 Å². The van der Waals surface area contributed by atoms with Crippen LogP contribution in [0.3, 0.4) is 0 Å². The van der Waals surface area contributed by atoms with Crippen molar-refractivity contribution in [2.45, 2.75) is 0 Å². The molecule has 3 aliphatic rings. The fourth-order valence-electron chi connectivity index (χ4n) is 2.65. The molecule has 0 radical (unpaired) electrons. The van der Waals surface area contributed by atoms with Crippen LogP contribution in [0.15, 0.2) is 87.2 Å². The summed E-state index contributed by atoms with van der Waals surface area (Å²) in [4.78, 5) is 3.75. The maximum Gasteiger partial charge on any atom is 0.169 e. The van der Waals surface area contributed by atoms with E-state index >= 15 is 0 Å². The van der Waals surface area contributed by atoms with Crippen molar-refractivity contribution in [2.24, 2.45) is 0 Å². The second-order valence-electron chi connectivity index (χ2n) is 6.53. The summed E-state index contributed by atoms with van der Waals surface area (Å²) in [6.45, 7) is 7.04. The van der Waals surface area contributed by atoms with Gasteiger partial charge in [-0.15, -0.1) is 0 Å². The first kappa shape index (κ1) is 23.1. The average molecular weight is 440 g/mol. The van der Waals surface area contributed by atoms with Crippen LogP contribution in [0.4, 0.5) is 0 Å². The van der Waals surface area contributed by atoms with Crippen molar-refractivity contribution in [3.8, 4) is 11.5 Å². The molecule has 0 saturated carbocycles. The molecule has 0 N–H and O–H groups in total. The molecule has 0 unspecified atom stereocenters. The zero-order chi connectivity index (χ0) is 22.3. The van der Waals surface area contributed by atoms with Crippen LogP contribution in [0, 0.1) is 0 Å². The molecule has 32 heavy (non-hydrogen) atoms. The molecule has 0 spiro atoms. The van der Waals surface area contributed by atoms with Gasteiger partial charge in [0.1, 0.15) is 37.6 Å². The van der Waals surface area contributed by atoms with Crippen molar-refractivity contribution in [1.82, 2.24) is 9.80 Å². The number of benzene rings is 1. The summed E-state index contributed by atoms with van der Waals surface area (Å²) >= 11 is 0. The second kappa shape index (κ2) is 13.6. The largest absolute Gasteiger partial charge is 0.468 e. The fraction of sp³-hybridized carbons (Fsp3) is 0.250. The highest BCUT2D eigenvalue weighted by atomic mass is 16.5. The fourth-order valence-corrected chi connectivity index (χ4v) is 2.65. The SMILES string of the molecule is C=Cc1ccc2c(c1)OC=CN1C=CO/C=C\O/C=C\N(C=CO2)CCOCCOCC1. The Kier molecular flexibility index (Phi) is 9.82. The Morgan fingerprint density at radius 1 is 0.656 bits per heavy atom. The van der Waals surface area contributed by atoms with Gasteiger partial charge in [-0.25, -0.2) is 0 Å². The van der Waals surface area contributed by atoms with E-state index in [-0.39, 0.29) is 0 Å². The zero-order valence-electron chi connectivity index (χ0n) is 17.9. The van der Waals surface area contributed by atoms with E-state index in [0.717, 1.165) is 5.56 Å². The van der Waals surface area contributed by atoms with Gasteiger partial charge >= 0.3 is 0 Å². The molecular formula is C24H28N2O6. The van der Waals surface area contributed by atoms with Crippen LogP contribution in [0.25, 0.3) is 6.08 Å². The first-order valence-corrected chi connectivity index (χ1v) is 10.2. The summed E-state index contributed by atoms with van der Waals surface area (Å²) in [5, 5.41) is 0. The zero-order valence-corrected chi connectivity index (χ0v) is 17.9. The molecule has 0 amide bonds. The van der Waals surface area contributed by atoms with Gasteiger partial charge in [-0.3, -0.25) is 0 Å². The van der Waals surface area contributed by atoms with Gasteiger partial charge < -0.3 is 38.2 Å². The van der Waals surface area contributed by atoms with Crippen LogP contribution >= 0.6 is 0 Å². The van der Waals surface area contributed by atoms with Crippen LogP contribution in [-0.4, -0.2) is 49.3 Å². The van der Waals surface area contributed by atoms with Crippen molar-refractivity contribution in [3.63, 3.8) is 0 Å². The Morgan fingerprint density at radius 2 is 1.22 bits per heavy atom. The molecule has 3 heterocycles. The highest BCUT2D eigenvalue weighted by Gasteiger charge is 2.06. The van der Waals surface area contributed by atoms with E-state index in [0.29, 0.717) is 51.0 Å². The first-order chi connectivity index (χ1) is 15.8. The van der Waals surface area contributed by atoms with E-state index in [1.54, 1.807) is 43.4 Å². The monoisotopic (exact) mass is 440 g/mol. The van der Waals surface area contributed by atoms with Crippen LogP contribution in [0.1, 0.15) is 5.56 Å². The first-order valence-electron chi connectivity index (χ1n) is 10.2. The van der Waals surface area contributed by atoms with Crippen molar-refractivity contribution < 1.29 is 28.4 Å². The van der Waals surface area contributed by atoms with Gasteiger partial charge in [-0.2, -0.15) is 0 Å². The average Bonchev–Trinajstić information content (AvgIpc) is 2.81. The molecule has 0 aromatic heterocycles. The Balaban J connectivity index is 1.90. The van der Waals surface area contributed by atoms with Gasteiger partial charge in [0.15, 0.2) is 11.5 Å². The third-order valence-corrected chi connectivity index (χ3v) is 4.33. The van der Waals surface area contributed by atoms with Gasteiger partial charge in [0.2, 0.25) is 0 Å². The van der Waals surface area contributed by atoms with E-state index in [9.17, 15) is 0 Å². The number of hydrogen-bond acceptors (Lipinski definition) is 8. The number of fused-ring (bicyclic) bond motifs is 13. The Morgan fingerprint density at radius 3 is 1.81 bits per heavy atom. The lowest BCUT2D eigenvalue weighted by Gasteiger charge is -2.17. The van der Waals surface area contributed by atoms with Crippen LogP contribution in [0.2, 0.25) is 0 Å². The number of hydrogen-bond donors (Lipinski definition) is 0. The molecular weight excluding hydrogens is 412 g/mol. The van der Waals surface area contributed by atoms with E-state index in [2.05, 4.69) is 6.58 Å². The van der Waals surface area contributed by atoms with Crippen molar-refractivity contribution >= 4 is 6.08 Å². The highest BCUT2D eigenvalue weighted by Crippen LogP contribution is 2.29. The van der Waals surface area contributed by atoms with Gasteiger partial charge in [0.25, 0.3) is 0 Å². The number of rotatable bonds is 1. The van der Waals surface area contributed by atoms with Crippen molar-refractivity contribution in [1.29, 1.82) is 0 Å². The predicted octanol–water partition coefficient (Wildman–Crippen LogP) is 4.14. The maximum absolute atomic E-state index is 5.87. The quantitative estimate of drug-likeness (QED) is 0.646. The van der Waals surface area contributed by atoms with Crippen molar-refractivity contribution in [2.75, 3.05) is 39.5 Å². The molecule has 1 aromatic carbocycles. The molecule has 1 aromatic rings. The molecule has 0 aliphatic carbocycles. The minimum absolute atomic E-state index is 0.507. The standard InChI is InChI=1S/C24H28N2O6/c1-2-22-3-4-23-24(21-22)32-16-10-26-7-13-29-19-17-27-11-5-25(9-15-31-23)6-12-28-18-20-30-14-8-26/h2-5,7,9-11,13,15-17,19,21H,1,6,8,12,14,18,20H2/b11-5-,13-7?,15-9?,16-10?,19-17-. The minimum Gasteiger partial charge on any atom is -0.468 e. The molecule has 4 rings (SSSR count). The molecule has 8 heteroatoms.